The molecule has 160 valence electrons. The average Bonchev–Trinajstić information content (AvgIpc) is 3.28. The van der Waals surface area contributed by atoms with Crippen molar-refractivity contribution in [1.29, 1.82) is 0 Å². The van der Waals surface area contributed by atoms with Crippen LogP contribution in [0.15, 0.2) is 60.8 Å². The smallest absolute Gasteiger partial charge is 0.361 e. The third-order valence-electron chi connectivity index (χ3n) is 5.48. The highest BCUT2D eigenvalue weighted by molar-refractivity contribution is 5.96. The molecule has 4 aromatic rings. The molecule has 0 spiro atoms. The highest BCUT2D eigenvalue weighted by Gasteiger charge is 2.34. The van der Waals surface area contributed by atoms with E-state index in [9.17, 15) is 18.0 Å². The first-order valence-electron chi connectivity index (χ1n) is 9.96. The number of para-hydroxylation sites is 2. The number of fused-ring (bicyclic) bond motifs is 1. The largest absolute Gasteiger partial charge is 0.418 e. The monoisotopic (exact) mass is 425 g/mol. The number of amides is 1. The second kappa shape index (κ2) is 7.98. The Balaban J connectivity index is 1.54. The van der Waals surface area contributed by atoms with Crippen molar-refractivity contribution in [2.45, 2.75) is 26.4 Å². The number of carbonyl (C=O) groups excluding carboxylic acids is 1. The van der Waals surface area contributed by atoms with E-state index in [-0.39, 0.29) is 11.6 Å². The highest BCUT2D eigenvalue weighted by atomic mass is 19.4. The summed E-state index contributed by atoms with van der Waals surface area (Å²) in [5, 5.41) is 4.00. The maximum atomic E-state index is 13.5. The predicted octanol–water partition coefficient (Wildman–Crippen LogP) is 5.57. The molecule has 0 saturated heterocycles. The minimum atomic E-state index is -4.48. The Labute approximate surface area is 177 Å². The number of benzene rings is 2. The lowest BCUT2D eigenvalue weighted by Gasteiger charge is -2.16. The number of H-pyrrole nitrogens is 1. The molecular formula is C24H22F3N3O. The Morgan fingerprint density at radius 3 is 2.55 bits per heavy atom. The Morgan fingerprint density at radius 2 is 1.77 bits per heavy atom. The number of hydrogen-bond donors (Lipinski definition) is 2. The molecule has 0 fully saturated rings. The van der Waals surface area contributed by atoms with Gasteiger partial charge in [-0.2, -0.15) is 13.2 Å². The predicted molar refractivity (Wildman–Crippen MR) is 115 cm³/mol. The van der Waals surface area contributed by atoms with Gasteiger partial charge in [-0.3, -0.25) is 4.79 Å². The van der Waals surface area contributed by atoms with Crippen LogP contribution in [0.25, 0.3) is 16.6 Å². The Hall–Kier alpha value is -3.48. The molecule has 2 aromatic heterocycles. The first-order chi connectivity index (χ1) is 14.8. The van der Waals surface area contributed by atoms with Gasteiger partial charge in [0.25, 0.3) is 5.91 Å². The minimum absolute atomic E-state index is 0.0165. The molecule has 1 amide bonds. The Bertz CT molecular complexity index is 1250. The van der Waals surface area contributed by atoms with Crippen LogP contribution in [0.3, 0.4) is 0 Å². The molecule has 0 aliphatic heterocycles. The number of aryl methyl sites for hydroxylation is 1. The van der Waals surface area contributed by atoms with Gasteiger partial charge in [0.1, 0.15) is 0 Å². The van der Waals surface area contributed by atoms with Gasteiger partial charge in [-0.05, 0) is 50.1 Å². The van der Waals surface area contributed by atoms with Gasteiger partial charge in [-0.15, -0.1) is 0 Å². The lowest BCUT2D eigenvalue weighted by molar-refractivity contribution is -0.137. The van der Waals surface area contributed by atoms with E-state index in [0.717, 1.165) is 22.5 Å². The zero-order chi connectivity index (χ0) is 22.2. The molecule has 2 N–H and O–H groups in total. The normalized spacial score (nSPS) is 11.8. The number of nitrogens with zero attached hydrogens (tertiary/aromatic N) is 1. The van der Waals surface area contributed by atoms with E-state index in [1.165, 1.54) is 16.7 Å². The molecule has 4 nitrogen and oxygen atoms in total. The summed E-state index contributed by atoms with van der Waals surface area (Å²) in [6, 6.07) is 15.0. The van der Waals surface area contributed by atoms with Crippen molar-refractivity contribution in [3.63, 3.8) is 0 Å². The van der Waals surface area contributed by atoms with E-state index in [1.54, 1.807) is 26.0 Å². The van der Waals surface area contributed by atoms with Gasteiger partial charge in [0.15, 0.2) is 0 Å². The van der Waals surface area contributed by atoms with E-state index >= 15 is 0 Å². The summed E-state index contributed by atoms with van der Waals surface area (Å²) in [6.07, 6.45) is -1.91. The van der Waals surface area contributed by atoms with Crippen LogP contribution in [0.1, 0.15) is 32.9 Å². The van der Waals surface area contributed by atoms with Crippen molar-refractivity contribution in [2.24, 2.45) is 0 Å². The minimum Gasteiger partial charge on any atom is -0.361 e. The first-order valence-corrected chi connectivity index (χ1v) is 9.96. The van der Waals surface area contributed by atoms with Crippen LogP contribution in [0, 0.1) is 13.8 Å². The standard InChI is InChI=1S/C24H22F3N3O/c1-15-13-19(16(2)30(15)22-10-6-4-8-20(22)24(25,26)27)23(31)28-12-11-17-14-29-21-9-5-3-7-18(17)21/h3-10,13-14,29H,11-12H2,1-2H3,(H,28,31). The maximum absolute atomic E-state index is 13.5. The number of alkyl halides is 3. The summed E-state index contributed by atoms with van der Waals surface area (Å²) in [7, 11) is 0. The summed E-state index contributed by atoms with van der Waals surface area (Å²) in [5.41, 5.74) is 2.82. The maximum Gasteiger partial charge on any atom is 0.418 e. The number of aromatic amines is 1. The third-order valence-corrected chi connectivity index (χ3v) is 5.48. The summed E-state index contributed by atoms with van der Waals surface area (Å²) in [4.78, 5) is 16.0. The van der Waals surface area contributed by atoms with Gasteiger partial charge < -0.3 is 14.9 Å². The molecule has 0 atom stereocenters. The van der Waals surface area contributed by atoms with Crippen molar-refractivity contribution in [3.05, 3.63) is 88.9 Å². The van der Waals surface area contributed by atoms with Crippen molar-refractivity contribution in [3.8, 4) is 5.69 Å². The van der Waals surface area contributed by atoms with Crippen LogP contribution in [-0.4, -0.2) is 22.0 Å². The van der Waals surface area contributed by atoms with Gasteiger partial charge in [0.05, 0.1) is 16.8 Å². The third kappa shape index (κ3) is 3.95. The molecule has 4 rings (SSSR count). The van der Waals surface area contributed by atoms with Crippen molar-refractivity contribution < 1.29 is 18.0 Å². The molecule has 7 heteroatoms. The van der Waals surface area contributed by atoms with E-state index < -0.39 is 11.7 Å². The van der Waals surface area contributed by atoms with Gasteiger partial charge in [-0.25, -0.2) is 0 Å². The summed E-state index contributed by atoms with van der Waals surface area (Å²) in [5.74, 6) is -0.302. The highest BCUT2D eigenvalue weighted by Crippen LogP contribution is 2.35. The zero-order valence-electron chi connectivity index (χ0n) is 17.2. The van der Waals surface area contributed by atoms with Crippen LogP contribution in [0.2, 0.25) is 0 Å². The number of rotatable bonds is 5. The van der Waals surface area contributed by atoms with Gasteiger partial charge in [0, 0.05) is 35.0 Å². The van der Waals surface area contributed by atoms with E-state index in [1.807, 2.05) is 30.5 Å². The number of halogens is 3. The lowest BCUT2D eigenvalue weighted by atomic mass is 10.1. The van der Waals surface area contributed by atoms with Crippen LogP contribution in [0.4, 0.5) is 13.2 Å². The van der Waals surface area contributed by atoms with Crippen LogP contribution >= 0.6 is 0 Å². The van der Waals surface area contributed by atoms with E-state index in [2.05, 4.69) is 10.3 Å². The number of nitrogens with one attached hydrogen (secondary N) is 2. The Morgan fingerprint density at radius 1 is 1.06 bits per heavy atom. The SMILES string of the molecule is Cc1cc(C(=O)NCCc2c[nH]c3ccccc23)c(C)n1-c1ccccc1C(F)(F)F. The average molecular weight is 425 g/mol. The summed E-state index contributed by atoms with van der Waals surface area (Å²) >= 11 is 0. The number of carbonyl (C=O) groups is 1. The van der Waals surface area contributed by atoms with Gasteiger partial charge >= 0.3 is 6.18 Å². The van der Waals surface area contributed by atoms with Gasteiger partial charge in [0.2, 0.25) is 0 Å². The van der Waals surface area contributed by atoms with Crippen LogP contribution in [-0.2, 0) is 12.6 Å². The molecule has 0 unspecified atom stereocenters. The summed E-state index contributed by atoms with van der Waals surface area (Å²) in [6.45, 7) is 3.78. The van der Waals surface area contributed by atoms with Crippen molar-refractivity contribution in [1.82, 2.24) is 14.9 Å². The van der Waals surface area contributed by atoms with Crippen LogP contribution in [0.5, 0.6) is 0 Å². The molecular weight excluding hydrogens is 403 g/mol. The molecule has 31 heavy (non-hydrogen) atoms. The molecule has 2 aromatic carbocycles. The summed E-state index contributed by atoms with van der Waals surface area (Å²) < 4.78 is 41.9. The van der Waals surface area contributed by atoms with E-state index in [4.69, 9.17) is 0 Å². The molecule has 0 saturated carbocycles. The number of hydrogen-bond acceptors (Lipinski definition) is 1. The Kier molecular flexibility index (Phi) is 5.35. The lowest BCUT2D eigenvalue weighted by Crippen LogP contribution is -2.26. The molecule has 0 bridgehead atoms. The van der Waals surface area contributed by atoms with Crippen molar-refractivity contribution in [2.75, 3.05) is 6.54 Å². The fourth-order valence-corrected chi connectivity index (χ4v) is 4.02. The topological polar surface area (TPSA) is 49.8 Å². The van der Waals surface area contributed by atoms with E-state index in [0.29, 0.717) is 29.9 Å². The first kappa shape index (κ1) is 20.8. The van der Waals surface area contributed by atoms with Crippen LogP contribution < -0.4 is 5.32 Å². The quantitative estimate of drug-likeness (QED) is 0.432. The molecule has 0 radical (unpaired) electrons. The second-order valence-electron chi connectivity index (χ2n) is 7.50. The number of aromatic nitrogens is 2. The van der Waals surface area contributed by atoms with Gasteiger partial charge in [-0.1, -0.05) is 30.3 Å². The fraction of sp³-hybridized carbons (Fsp3) is 0.208. The fourth-order valence-electron chi connectivity index (χ4n) is 4.02. The molecule has 0 aliphatic carbocycles. The zero-order valence-corrected chi connectivity index (χ0v) is 17.2. The van der Waals surface area contributed by atoms with Crippen molar-refractivity contribution >= 4 is 16.8 Å². The molecule has 2 heterocycles. The molecule has 0 aliphatic rings. The second-order valence-corrected chi connectivity index (χ2v) is 7.50.